The highest BCUT2D eigenvalue weighted by molar-refractivity contribution is 5.28. The number of hydrogen-bond donors (Lipinski definition) is 3. The van der Waals surface area contributed by atoms with Gasteiger partial charge in [-0.05, 0) is 24.1 Å². The Morgan fingerprint density at radius 2 is 2.04 bits per heavy atom. The molecule has 0 aliphatic carbocycles. The Balaban J connectivity index is 1.59. The van der Waals surface area contributed by atoms with Crippen LogP contribution in [-0.2, 0) is 20.8 Å². The fraction of sp³-hybridized carbons (Fsp3) is 0.647. The van der Waals surface area contributed by atoms with Gasteiger partial charge in [0, 0.05) is 19.7 Å². The van der Waals surface area contributed by atoms with Gasteiger partial charge in [0.25, 0.3) is 0 Å². The van der Waals surface area contributed by atoms with Gasteiger partial charge in [-0.2, -0.15) is 0 Å². The summed E-state index contributed by atoms with van der Waals surface area (Å²) in [6.45, 7) is 2.02. The van der Waals surface area contributed by atoms with Crippen molar-refractivity contribution in [1.82, 2.24) is 5.32 Å². The Bertz CT molecular complexity index is 526. The molecule has 134 valence electrons. The molecule has 7 heteroatoms. The summed E-state index contributed by atoms with van der Waals surface area (Å²) < 4.78 is 22.2. The maximum atomic E-state index is 10.3. The van der Waals surface area contributed by atoms with E-state index in [1.54, 1.807) is 7.11 Å². The molecular weight excluding hydrogens is 314 g/mol. The van der Waals surface area contributed by atoms with Gasteiger partial charge in [0.2, 0.25) is 0 Å². The second-order valence-electron chi connectivity index (χ2n) is 6.07. The lowest BCUT2D eigenvalue weighted by atomic mass is 9.98. The normalized spacial score (nSPS) is 33.5. The van der Waals surface area contributed by atoms with E-state index < -0.39 is 30.7 Å². The third-order valence-corrected chi connectivity index (χ3v) is 4.33. The first-order chi connectivity index (χ1) is 11.7. The number of fused-ring (bicyclic) bond motifs is 6. The van der Waals surface area contributed by atoms with E-state index in [2.05, 4.69) is 5.32 Å². The molecule has 0 saturated carbocycles. The van der Waals surface area contributed by atoms with Crippen LogP contribution in [0.5, 0.6) is 5.75 Å². The Hall–Kier alpha value is -1.22. The first-order valence-electron chi connectivity index (χ1n) is 8.27. The summed E-state index contributed by atoms with van der Waals surface area (Å²) >= 11 is 0. The quantitative estimate of drug-likeness (QED) is 0.698. The van der Waals surface area contributed by atoms with E-state index in [9.17, 15) is 10.2 Å². The Kier molecular flexibility index (Phi) is 6.04. The van der Waals surface area contributed by atoms with Crippen LogP contribution in [0, 0.1) is 0 Å². The SMILES string of the molecule is COc1cccc(CNCC2OC3OCCCOC2C(O)C3O)c1. The molecule has 0 spiro atoms. The van der Waals surface area contributed by atoms with Gasteiger partial charge in [-0.25, -0.2) is 0 Å². The fourth-order valence-corrected chi connectivity index (χ4v) is 3.03. The van der Waals surface area contributed by atoms with Gasteiger partial charge in [-0.15, -0.1) is 0 Å². The van der Waals surface area contributed by atoms with E-state index in [0.717, 1.165) is 11.3 Å². The topological polar surface area (TPSA) is 89.4 Å². The molecule has 0 radical (unpaired) electrons. The maximum absolute atomic E-state index is 10.3. The van der Waals surface area contributed by atoms with Crippen LogP contribution in [0.1, 0.15) is 12.0 Å². The fourth-order valence-electron chi connectivity index (χ4n) is 3.03. The molecule has 4 rings (SSSR count). The van der Waals surface area contributed by atoms with E-state index >= 15 is 0 Å². The summed E-state index contributed by atoms with van der Waals surface area (Å²) in [5.74, 6) is 0.808. The lowest BCUT2D eigenvalue weighted by Crippen LogP contribution is -2.60. The lowest BCUT2D eigenvalue weighted by molar-refractivity contribution is -0.292. The van der Waals surface area contributed by atoms with Gasteiger partial charge >= 0.3 is 0 Å². The van der Waals surface area contributed by atoms with E-state index in [4.69, 9.17) is 18.9 Å². The van der Waals surface area contributed by atoms with E-state index in [0.29, 0.717) is 32.7 Å². The summed E-state index contributed by atoms with van der Waals surface area (Å²) in [5, 5.41) is 23.6. The number of ether oxygens (including phenoxy) is 4. The predicted octanol–water partition coefficient (Wildman–Crippen LogP) is 0.0370. The second-order valence-corrected chi connectivity index (χ2v) is 6.07. The Labute approximate surface area is 141 Å². The molecular formula is C17H25NO6. The largest absolute Gasteiger partial charge is 0.497 e. The highest BCUT2D eigenvalue weighted by atomic mass is 16.7. The van der Waals surface area contributed by atoms with E-state index in [-0.39, 0.29) is 0 Å². The molecule has 1 aromatic carbocycles. The molecule has 3 saturated heterocycles. The average Bonchev–Trinajstić information content (AvgIpc) is 2.74. The second kappa shape index (κ2) is 8.24. The molecule has 3 aliphatic rings. The molecule has 5 unspecified atom stereocenters. The standard InChI is InChI=1S/C17H25NO6/c1-21-12-5-2-4-11(8-12)9-18-10-13-16-14(19)15(20)17(24-13)23-7-3-6-22-16/h2,4-5,8,13-20H,3,6-7,9-10H2,1H3. The Morgan fingerprint density at radius 3 is 2.88 bits per heavy atom. The zero-order valence-electron chi connectivity index (χ0n) is 13.8. The van der Waals surface area contributed by atoms with Crippen LogP contribution < -0.4 is 10.1 Å². The highest BCUT2D eigenvalue weighted by Gasteiger charge is 2.46. The van der Waals surface area contributed by atoms with Crippen molar-refractivity contribution in [3.63, 3.8) is 0 Å². The van der Waals surface area contributed by atoms with Crippen molar-refractivity contribution in [1.29, 1.82) is 0 Å². The molecule has 3 heterocycles. The molecule has 5 atom stereocenters. The van der Waals surface area contributed by atoms with Crippen LogP contribution >= 0.6 is 0 Å². The highest BCUT2D eigenvalue weighted by Crippen LogP contribution is 2.26. The van der Waals surface area contributed by atoms with E-state index in [1.807, 2.05) is 24.3 Å². The van der Waals surface area contributed by atoms with Crippen LogP contribution in [0.25, 0.3) is 0 Å². The van der Waals surface area contributed by atoms with Crippen molar-refractivity contribution in [2.45, 2.75) is 43.7 Å². The number of nitrogens with one attached hydrogen (secondary N) is 1. The molecule has 7 nitrogen and oxygen atoms in total. The van der Waals surface area contributed by atoms with Gasteiger partial charge in [0.1, 0.15) is 30.2 Å². The van der Waals surface area contributed by atoms with Crippen molar-refractivity contribution in [2.75, 3.05) is 26.9 Å². The van der Waals surface area contributed by atoms with Gasteiger partial charge in [0.05, 0.1) is 13.7 Å². The zero-order valence-corrected chi connectivity index (χ0v) is 13.8. The van der Waals surface area contributed by atoms with Crippen molar-refractivity contribution < 1.29 is 29.2 Å². The van der Waals surface area contributed by atoms with Crippen molar-refractivity contribution in [3.8, 4) is 5.75 Å². The van der Waals surface area contributed by atoms with E-state index in [1.165, 1.54) is 0 Å². The number of methoxy groups -OCH3 is 1. The average molecular weight is 339 g/mol. The minimum Gasteiger partial charge on any atom is -0.497 e. The number of aliphatic hydroxyl groups is 2. The maximum Gasteiger partial charge on any atom is 0.186 e. The summed E-state index contributed by atoms with van der Waals surface area (Å²) in [6.07, 6.45) is -3.19. The van der Waals surface area contributed by atoms with Crippen LogP contribution in [0.4, 0.5) is 0 Å². The number of rotatable bonds is 5. The molecule has 1 aromatic rings. The zero-order chi connectivity index (χ0) is 16.9. The summed E-state index contributed by atoms with van der Waals surface area (Å²) in [4.78, 5) is 0. The summed E-state index contributed by atoms with van der Waals surface area (Å²) in [6, 6.07) is 7.80. The number of hydrogen-bond acceptors (Lipinski definition) is 7. The van der Waals surface area contributed by atoms with Crippen LogP contribution in [0.15, 0.2) is 24.3 Å². The monoisotopic (exact) mass is 339 g/mol. The van der Waals surface area contributed by atoms with Gasteiger partial charge in [-0.3, -0.25) is 0 Å². The molecule has 24 heavy (non-hydrogen) atoms. The van der Waals surface area contributed by atoms with Crippen LogP contribution in [-0.4, -0.2) is 67.8 Å². The van der Waals surface area contributed by atoms with Crippen LogP contribution in [0.3, 0.4) is 0 Å². The third kappa shape index (κ3) is 4.05. The van der Waals surface area contributed by atoms with Crippen molar-refractivity contribution >= 4 is 0 Å². The van der Waals surface area contributed by atoms with Crippen molar-refractivity contribution in [2.24, 2.45) is 0 Å². The van der Waals surface area contributed by atoms with Gasteiger partial charge in [-0.1, -0.05) is 12.1 Å². The predicted molar refractivity (Wildman–Crippen MR) is 85.7 cm³/mol. The van der Waals surface area contributed by atoms with Gasteiger partial charge < -0.3 is 34.5 Å². The molecule has 3 aliphatic heterocycles. The van der Waals surface area contributed by atoms with Crippen molar-refractivity contribution in [3.05, 3.63) is 29.8 Å². The van der Waals surface area contributed by atoms with Gasteiger partial charge in [0.15, 0.2) is 6.29 Å². The minimum atomic E-state index is -1.09. The number of aliphatic hydroxyl groups excluding tert-OH is 2. The Morgan fingerprint density at radius 1 is 1.21 bits per heavy atom. The summed E-state index contributed by atoms with van der Waals surface area (Å²) in [5.41, 5.74) is 1.08. The number of benzene rings is 1. The minimum absolute atomic E-state index is 0.392. The molecule has 0 amide bonds. The molecule has 3 fully saturated rings. The summed E-state index contributed by atoms with van der Waals surface area (Å²) in [7, 11) is 1.64. The third-order valence-electron chi connectivity index (χ3n) is 4.33. The smallest absolute Gasteiger partial charge is 0.186 e. The molecule has 2 bridgehead atoms. The lowest BCUT2D eigenvalue weighted by Gasteiger charge is -2.41. The molecule has 0 aromatic heterocycles. The first-order valence-corrected chi connectivity index (χ1v) is 8.27. The first kappa shape index (κ1) is 17.6. The molecule has 3 N–H and O–H groups in total. The van der Waals surface area contributed by atoms with Crippen LogP contribution in [0.2, 0.25) is 0 Å².